The number of carbonyl (C=O) groups excluding carboxylic acids is 1. The second-order valence-corrected chi connectivity index (χ2v) is 11.8. The van der Waals surface area contributed by atoms with Crippen molar-refractivity contribution in [3.8, 4) is 28.3 Å². The maximum absolute atomic E-state index is 12.9. The van der Waals surface area contributed by atoms with Crippen LogP contribution >= 0.6 is 11.3 Å². The Balaban J connectivity index is 1.68. The fourth-order valence-electron chi connectivity index (χ4n) is 3.98. The van der Waals surface area contributed by atoms with Gasteiger partial charge in [-0.3, -0.25) is 9.48 Å². The van der Waals surface area contributed by atoms with E-state index < -0.39 is 29.1 Å². The summed E-state index contributed by atoms with van der Waals surface area (Å²) in [4.78, 5) is 12.9. The molecule has 1 unspecified atom stereocenters. The third kappa shape index (κ3) is 6.70. The molecule has 1 amide bonds. The molecular formula is C26H28BN3O6S2. The Bertz CT molecular complexity index is 1470. The first-order valence-electron chi connectivity index (χ1n) is 12.0. The first-order valence-corrected chi connectivity index (χ1v) is 14.3. The van der Waals surface area contributed by atoms with Gasteiger partial charge in [0.2, 0.25) is 5.91 Å². The summed E-state index contributed by atoms with van der Waals surface area (Å²) in [6, 6.07) is 20.9. The van der Waals surface area contributed by atoms with Gasteiger partial charge in [0.1, 0.15) is 6.54 Å². The summed E-state index contributed by atoms with van der Waals surface area (Å²) in [5, 5.41) is 28.4. The minimum atomic E-state index is -4.03. The average Bonchev–Trinajstić information content (AvgIpc) is 3.55. The number of thiophene rings is 1. The van der Waals surface area contributed by atoms with Gasteiger partial charge in [0.25, 0.3) is 0 Å². The van der Waals surface area contributed by atoms with Crippen LogP contribution in [0.1, 0.15) is 20.3 Å². The molecule has 12 heteroatoms. The molecule has 4 rings (SSSR count). The van der Waals surface area contributed by atoms with Crippen molar-refractivity contribution in [3.05, 3.63) is 78.2 Å². The number of para-hydroxylation sites is 1. The van der Waals surface area contributed by atoms with Crippen molar-refractivity contribution in [3.63, 3.8) is 0 Å². The van der Waals surface area contributed by atoms with Gasteiger partial charge in [-0.1, -0.05) is 62.4 Å². The van der Waals surface area contributed by atoms with E-state index in [1.165, 1.54) is 10.7 Å². The lowest BCUT2D eigenvalue weighted by Gasteiger charge is -2.20. The Labute approximate surface area is 226 Å². The molecule has 0 aliphatic carbocycles. The van der Waals surface area contributed by atoms with Gasteiger partial charge >= 0.3 is 17.2 Å². The number of nitrogens with zero attached hydrogens (tertiary/aromatic N) is 2. The van der Waals surface area contributed by atoms with Crippen molar-refractivity contribution in [2.24, 2.45) is 5.92 Å². The Hall–Kier alpha value is -3.45. The molecule has 38 heavy (non-hydrogen) atoms. The molecule has 1 atom stereocenters. The zero-order chi connectivity index (χ0) is 27.3. The quantitative estimate of drug-likeness (QED) is 0.191. The third-order valence-electron chi connectivity index (χ3n) is 5.68. The van der Waals surface area contributed by atoms with Crippen LogP contribution in [-0.4, -0.2) is 47.2 Å². The molecule has 0 aliphatic rings. The van der Waals surface area contributed by atoms with Gasteiger partial charge in [-0.2, -0.15) is 13.5 Å². The molecule has 2 aromatic carbocycles. The van der Waals surface area contributed by atoms with Crippen molar-refractivity contribution in [2.45, 2.75) is 37.0 Å². The minimum absolute atomic E-state index is 0.0847. The van der Waals surface area contributed by atoms with Gasteiger partial charge in [0.15, 0.2) is 9.96 Å². The lowest BCUT2D eigenvalue weighted by Crippen LogP contribution is -2.48. The van der Waals surface area contributed by atoms with Crippen LogP contribution in [0.3, 0.4) is 0 Å². The summed E-state index contributed by atoms with van der Waals surface area (Å²) in [5.41, 5.74) is 2.27. The molecule has 9 nitrogen and oxygen atoms in total. The highest BCUT2D eigenvalue weighted by Crippen LogP contribution is 2.34. The highest BCUT2D eigenvalue weighted by atomic mass is 32.3. The van der Waals surface area contributed by atoms with E-state index in [-0.39, 0.29) is 22.4 Å². The van der Waals surface area contributed by atoms with E-state index in [9.17, 15) is 23.3 Å². The summed E-state index contributed by atoms with van der Waals surface area (Å²) in [7, 11) is -5.73. The fourth-order valence-corrected chi connectivity index (χ4v) is 5.88. The van der Waals surface area contributed by atoms with E-state index in [1.54, 1.807) is 41.8 Å². The number of rotatable bonds is 11. The lowest BCUT2D eigenvalue weighted by molar-refractivity contribution is -0.122. The monoisotopic (exact) mass is 553 g/mol. The molecule has 0 aliphatic heterocycles. The SMILES string of the molecule is CC(C)CC(NC(=O)Cn1nc(-c2ccccc2OS(=O)(=O)c2cccs2)cc1-c1ccccc1)B(O)O. The predicted molar refractivity (Wildman–Crippen MR) is 147 cm³/mol. The van der Waals surface area contributed by atoms with Gasteiger partial charge in [-0.05, 0) is 47.5 Å². The van der Waals surface area contributed by atoms with Crippen LogP contribution in [0, 0.1) is 5.92 Å². The number of hydrogen-bond acceptors (Lipinski definition) is 8. The molecule has 0 saturated carbocycles. The van der Waals surface area contributed by atoms with Crippen LogP contribution in [-0.2, 0) is 21.5 Å². The molecule has 3 N–H and O–H groups in total. The highest BCUT2D eigenvalue weighted by Gasteiger charge is 2.27. The third-order valence-corrected chi connectivity index (χ3v) is 8.27. The van der Waals surface area contributed by atoms with E-state index in [4.69, 9.17) is 4.18 Å². The summed E-state index contributed by atoms with van der Waals surface area (Å²) in [6.45, 7) is 3.65. The van der Waals surface area contributed by atoms with Crippen LogP contribution < -0.4 is 9.50 Å². The maximum atomic E-state index is 12.9. The first kappa shape index (κ1) is 27.6. The molecule has 0 saturated heterocycles. The summed E-state index contributed by atoms with van der Waals surface area (Å²) >= 11 is 1.06. The molecule has 198 valence electrons. The zero-order valence-electron chi connectivity index (χ0n) is 20.9. The second kappa shape index (κ2) is 11.9. The fraction of sp³-hybridized carbons (Fsp3) is 0.231. The zero-order valence-corrected chi connectivity index (χ0v) is 22.5. The average molecular weight is 553 g/mol. The van der Waals surface area contributed by atoms with Crippen molar-refractivity contribution >= 4 is 34.5 Å². The van der Waals surface area contributed by atoms with Gasteiger partial charge in [0, 0.05) is 5.56 Å². The van der Waals surface area contributed by atoms with Crippen LogP contribution in [0.25, 0.3) is 22.5 Å². The van der Waals surface area contributed by atoms with E-state index in [0.29, 0.717) is 23.4 Å². The number of aromatic nitrogens is 2. The number of hydrogen-bond donors (Lipinski definition) is 3. The minimum Gasteiger partial charge on any atom is -0.426 e. The Kier molecular flexibility index (Phi) is 8.67. The van der Waals surface area contributed by atoms with Crippen molar-refractivity contribution in [2.75, 3.05) is 0 Å². The molecular weight excluding hydrogens is 525 g/mol. The summed E-state index contributed by atoms with van der Waals surface area (Å²) < 4.78 is 32.6. The van der Waals surface area contributed by atoms with Gasteiger partial charge in [0.05, 0.1) is 17.3 Å². The largest absolute Gasteiger partial charge is 0.475 e. The number of carbonyl (C=O) groups is 1. The topological polar surface area (TPSA) is 131 Å². The normalized spacial score (nSPS) is 12.3. The van der Waals surface area contributed by atoms with Gasteiger partial charge < -0.3 is 19.5 Å². The smallest absolute Gasteiger partial charge is 0.426 e. The first-order chi connectivity index (χ1) is 18.1. The molecule has 2 heterocycles. The van der Waals surface area contributed by atoms with Crippen LogP contribution in [0.15, 0.2) is 82.4 Å². The molecule has 4 aromatic rings. The van der Waals surface area contributed by atoms with Gasteiger partial charge in [-0.15, -0.1) is 11.3 Å². The van der Waals surface area contributed by atoms with Gasteiger partial charge in [-0.25, -0.2) is 0 Å². The van der Waals surface area contributed by atoms with Crippen molar-refractivity contribution < 1.29 is 27.4 Å². The number of amides is 1. The Morgan fingerprint density at radius 3 is 2.45 bits per heavy atom. The molecule has 0 spiro atoms. The second-order valence-electron chi connectivity index (χ2n) is 9.12. The maximum Gasteiger partial charge on any atom is 0.475 e. The lowest BCUT2D eigenvalue weighted by atomic mass is 9.75. The summed E-state index contributed by atoms with van der Waals surface area (Å²) in [5.74, 6) is -1.02. The Morgan fingerprint density at radius 1 is 1.08 bits per heavy atom. The van der Waals surface area contributed by atoms with Crippen molar-refractivity contribution in [1.29, 1.82) is 0 Å². The predicted octanol–water partition coefficient (Wildman–Crippen LogP) is 3.59. The number of nitrogens with one attached hydrogen (secondary N) is 1. The molecule has 0 radical (unpaired) electrons. The highest BCUT2D eigenvalue weighted by molar-refractivity contribution is 7.89. The van der Waals surface area contributed by atoms with E-state index >= 15 is 0 Å². The Morgan fingerprint density at radius 2 is 1.79 bits per heavy atom. The summed E-state index contributed by atoms with van der Waals surface area (Å²) in [6.07, 6.45) is 0.392. The van der Waals surface area contributed by atoms with Crippen molar-refractivity contribution in [1.82, 2.24) is 15.1 Å². The van der Waals surface area contributed by atoms with E-state index in [2.05, 4.69) is 10.4 Å². The molecule has 2 aromatic heterocycles. The van der Waals surface area contributed by atoms with E-state index in [1.807, 2.05) is 44.2 Å². The standard InChI is InChI=1S/C26H28BN3O6S2/c1-18(2)15-24(27(32)33)28-25(31)17-30-22(19-9-4-3-5-10-19)16-21(29-30)20-11-6-7-12-23(20)36-38(34,35)26-13-8-14-37-26/h3-14,16,18,24,32-33H,15,17H2,1-2H3,(H,28,31). The van der Waals surface area contributed by atoms with Crippen LogP contribution in [0.4, 0.5) is 0 Å². The number of benzene rings is 2. The van der Waals surface area contributed by atoms with Crippen LogP contribution in [0.5, 0.6) is 5.75 Å². The molecule has 0 bridgehead atoms. The van der Waals surface area contributed by atoms with Crippen LogP contribution in [0.2, 0.25) is 0 Å². The van der Waals surface area contributed by atoms with E-state index in [0.717, 1.165) is 16.9 Å². The molecule has 0 fully saturated rings.